The van der Waals surface area contributed by atoms with E-state index < -0.39 is 0 Å². The van der Waals surface area contributed by atoms with Crippen LogP contribution in [0.4, 0.5) is 0 Å². The first-order chi connectivity index (χ1) is 4.72. The van der Waals surface area contributed by atoms with E-state index in [-0.39, 0.29) is 5.78 Å². The third-order valence-corrected chi connectivity index (χ3v) is 1.05. The Morgan fingerprint density at radius 1 is 1.50 bits per heavy atom. The maximum absolute atomic E-state index is 10.8. The minimum atomic E-state index is 0.0676. The molecule has 1 nitrogen and oxygen atoms in total. The molecule has 0 rings (SSSR count). The molecular formula is C9H12O. The van der Waals surface area contributed by atoms with Crippen molar-refractivity contribution < 1.29 is 4.79 Å². The lowest BCUT2D eigenvalue weighted by Gasteiger charge is -1.90. The minimum Gasteiger partial charge on any atom is -0.295 e. The van der Waals surface area contributed by atoms with Gasteiger partial charge in [-0.3, -0.25) is 4.79 Å². The van der Waals surface area contributed by atoms with Gasteiger partial charge in [-0.05, 0) is 13.8 Å². The number of ketones is 1. The molecule has 0 saturated carbocycles. The molecular weight excluding hydrogens is 124 g/mol. The molecule has 0 fully saturated rings. The molecule has 0 saturated heterocycles. The average Bonchev–Trinajstić information content (AvgIpc) is 1.87. The maximum Gasteiger partial charge on any atom is 0.159 e. The minimum absolute atomic E-state index is 0.0676. The summed E-state index contributed by atoms with van der Waals surface area (Å²) in [4.78, 5) is 10.8. The molecule has 0 spiro atoms. The molecule has 54 valence electrons. The van der Waals surface area contributed by atoms with E-state index in [4.69, 9.17) is 0 Å². The number of allylic oxidation sites excluding steroid dienone is 5. The Balaban J connectivity index is 4.41. The van der Waals surface area contributed by atoms with Crippen molar-refractivity contribution >= 4 is 5.78 Å². The molecule has 0 radical (unpaired) electrons. The van der Waals surface area contributed by atoms with Crippen LogP contribution in [0.15, 0.2) is 36.5 Å². The number of Topliss-reactive ketones (excluding diaryl/α,β-unsaturated/α-hetero) is 1. The molecule has 0 aliphatic rings. The van der Waals surface area contributed by atoms with Gasteiger partial charge in [0.25, 0.3) is 0 Å². The zero-order chi connectivity index (χ0) is 7.98. The largest absolute Gasteiger partial charge is 0.295 e. The molecule has 0 aliphatic carbocycles. The van der Waals surface area contributed by atoms with Crippen LogP contribution in [-0.2, 0) is 4.79 Å². The van der Waals surface area contributed by atoms with Crippen LogP contribution in [0.5, 0.6) is 0 Å². The second kappa shape index (κ2) is 4.74. The van der Waals surface area contributed by atoms with Gasteiger partial charge in [-0.15, -0.1) is 0 Å². The summed E-state index contributed by atoms with van der Waals surface area (Å²) in [5.74, 6) is 0.0676. The first-order valence-electron chi connectivity index (χ1n) is 3.18. The van der Waals surface area contributed by atoms with Gasteiger partial charge in [-0.2, -0.15) is 0 Å². The van der Waals surface area contributed by atoms with Crippen LogP contribution in [0.1, 0.15) is 13.8 Å². The number of carbonyl (C=O) groups excluding carboxylic acids is 1. The molecule has 0 amide bonds. The van der Waals surface area contributed by atoms with E-state index in [9.17, 15) is 4.79 Å². The van der Waals surface area contributed by atoms with E-state index >= 15 is 0 Å². The molecule has 0 aromatic heterocycles. The van der Waals surface area contributed by atoms with Gasteiger partial charge in [0.05, 0.1) is 0 Å². The predicted molar refractivity (Wildman–Crippen MR) is 43.8 cm³/mol. The highest BCUT2D eigenvalue weighted by Gasteiger charge is 1.94. The van der Waals surface area contributed by atoms with E-state index in [1.54, 1.807) is 18.2 Å². The van der Waals surface area contributed by atoms with E-state index in [0.29, 0.717) is 5.57 Å². The van der Waals surface area contributed by atoms with Gasteiger partial charge in [0.15, 0.2) is 5.78 Å². The van der Waals surface area contributed by atoms with Crippen molar-refractivity contribution in [3.63, 3.8) is 0 Å². The number of hydrogen-bond acceptors (Lipinski definition) is 1. The van der Waals surface area contributed by atoms with Crippen molar-refractivity contribution in [3.8, 4) is 0 Å². The summed E-state index contributed by atoms with van der Waals surface area (Å²) >= 11 is 0. The van der Waals surface area contributed by atoms with Crippen LogP contribution in [0.3, 0.4) is 0 Å². The second-order valence-electron chi connectivity index (χ2n) is 1.91. The monoisotopic (exact) mass is 136 g/mol. The molecule has 1 heteroatoms. The lowest BCUT2D eigenvalue weighted by atomic mass is 10.1. The van der Waals surface area contributed by atoms with E-state index in [1.807, 2.05) is 13.0 Å². The topological polar surface area (TPSA) is 17.1 Å². The van der Waals surface area contributed by atoms with Crippen LogP contribution in [0.25, 0.3) is 0 Å². The maximum atomic E-state index is 10.8. The van der Waals surface area contributed by atoms with Crippen LogP contribution >= 0.6 is 0 Å². The van der Waals surface area contributed by atoms with E-state index in [2.05, 4.69) is 6.58 Å². The van der Waals surface area contributed by atoms with Gasteiger partial charge in [-0.1, -0.05) is 30.9 Å². The fraction of sp³-hybridized carbons (Fsp3) is 0.222. The molecule has 0 aromatic rings. The van der Waals surface area contributed by atoms with Crippen LogP contribution < -0.4 is 0 Å². The Kier molecular flexibility index (Phi) is 4.21. The zero-order valence-corrected chi connectivity index (χ0v) is 6.42. The Morgan fingerprint density at radius 2 is 2.10 bits per heavy atom. The molecule has 0 bridgehead atoms. The highest BCUT2D eigenvalue weighted by Crippen LogP contribution is 1.97. The molecule has 0 heterocycles. The Bertz CT molecular complexity index is 185. The summed E-state index contributed by atoms with van der Waals surface area (Å²) in [7, 11) is 0. The van der Waals surface area contributed by atoms with E-state index in [0.717, 1.165) is 0 Å². The molecule has 0 atom stereocenters. The van der Waals surface area contributed by atoms with Crippen LogP contribution in [0.2, 0.25) is 0 Å². The third-order valence-electron chi connectivity index (χ3n) is 1.05. The summed E-state index contributed by atoms with van der Waals surface area (Å²) in [5, 5.41) is 0. The molecule has 0 aliphatic heterocycles. The summed E-state index contributed by atoms with van der Waals surface area (Å²) in [6, 6.07) is 0. The molecule has 0 aromatic carbocycles. The highest BCUT2D eigenvalue weighted by molar-refractivity contribution is 5.96. The van der Waals surface area contributed by atoms with Gasteiger partial charge in [0, 0.05) is 5.57 Å². The number of rotatable bonds is 3. The Hall–Kier alpha value is -1.11. The Labute approximate surface area is 61.8 Å². The summed E-state index contributed by atoms with van der Waals surface area (Å²) in [6.07, 6.45) is 6.90. The predicted octanol–water partition coefficient (Wildman–Crippen LogP) is 2.26. The summed E-state index contributed by atoms with van der Waals surface area (Å²) in [6.45, 7) is 6.91. The van der Waals surface area contributed by atoms with E-state index in [1.165, 1.54) is 6.92 Å². The highest BCUT2D eigenvalue weighted by atomic mass is 16.1. The van der Waals surface area contributed by atoms with Crippen molar-refractivity contribution in [3.05, 3.63) is 36.5 Å². The molecule has 0 N–H and O–H groups in total. The van der Waals surface area contributed by atoms with Crippen molar-refractivity contribution in [1.29, 1.82) is 0 Å². The first kappa shape index (κ1) is 8.89. The lowest BCUT2D eigenvalue weighted by Crippen LogP contribution is -1.91. The van der Waals surface area contributed by atoms with Gasteiger partial charge in [0.2, 0.25) is 0 Å². The van der Waals surface area contributed by atoms with Crippen LogP contribution in [0, 0.1) is 0 Å². The molecule has 10 heavy (non-hydrogen) atoms. The summed E-state index contributed by atoms with van der Waals surface area (Å²) in [5.41, 5.74) is 0.692. The number of hydrogen-bond donors (Lipinski definition) is 0. The smallest absolute Gasteiger partial charge is 0.159 e. The summed E-state index contributed by atoms with van der Waals surface area (Å²) < 4.78 is 0. The van der Waals surface area contributed by atoms with Crippen LogP contribution in [-0.4, -0.2) is 5.78 Å². The van der Waals surface area contributed by atoms with Gasteiger partial charge in [0.1, 0.15) is 0 Å². The zero-order valence-electron chi connectivity index (χ0n) is 6.42. The van der Waals surface area contributed by atoms with Gasteiger partial charge < -0.3 is 0 Å². The molecule has 0 unspecified atom stereocenters. The van der Waals surface area contributed by atoms with Crippen molar-refractivity contribution in [1.82, 2.24) is 0 Å². The van der Waals surface area contributed by atoms with Gasteiger partial charge in [-0.25, -0.2) is 0 Å². The quantitative estimate of drug-likeness (QED) is 0.429. The fourth-order valence-electron chi connectivity index (χ4n) is 0.597. The van der Waals surface area contributed by atoms with Crippen molar-refractivity contribution in [2.24, 2.45) is 0 Å². The second-order valence-corrected chi connectivity index (χ2v) is 1.91. The third kappa shape index (κ3) is 3.02. The van der Waals surface area contributed by atoms with Gasteiger partial charge >= 0.3 is 0 Å². The SMILES string of the molecule is C=CC=C(C=CC)C(C)=O. The Morgan fingerprint density at radius 3 is 2.40 bits per heavy atom. The van der Waals surface area contributed by atoms with Crippen molar-refractivity contribution in [2.75, 3.05) is 0 Å². The average molecular weight is 136 g/mol. The number of carbonyl (C=O) groups is 1. The first-order valence-corrected chi connectivity index (χ1v) is 3.18. The standard InChI is InChI=1S/C9H12O/c1-4-6-9(7-5-2)8(3)10/h4-7H,1H2,2-3H3. The lowest BCUT2D eigenvalue weighted by molar-refractivity contribution is -0.113. The van der Waals surface area contributed by atoms with Crippen molar-refractivity contribution in [2.45, 2.75) is 13.8 Å². The fourth-order valence-corrected chi connectivity index (χ4v) is 0.597. The normalized spacial score (nSPS) is 12.0.